The number of nitrogens with zero attached hydrogens (tertiary/aromatic N) is 6. The van der Waals surface area contributed by atoms with E-state index in [9.17, 15) is 38.7 Å². The fourth-order valence-electron chi connectivity index (χ4n) is 12.2. The van der Waals surface area contributed by atoms with E-state index in [2.05, 4.69) is 5.32 Å². The third kappa shape index (κ3) is 12.2. The first-order valence-corrected chi connectivity index (χ1v) is 23.7. The molecule has 5 rings (SSSR count). The second-order valence-corrected chi connectivity index (χ2v) is 21.1. The maximum atomic E-state index is 13.5. The summed E-state index contributed by atoms with van der Waals surface area (Å²) in [6, 6.07) is -0.923. The first kappa shape index (κ1) is 61.9. The van der Waals surface area contributed by atoms with Gasteiger partial charge < -0.3 is 73.8 Å². The van der Waals surface area contributed by atoms with Gasteiger partial charge in [-0.3, -0.25) is 48.5 Å². The van der Waals surface area contributed by atoms with Crippen molar-refractivity contribution in [3.05, 3.63) is 52.8 Å². The van der Waals surface area contributed by atoms with Gasteiger partial charge in [0.1, 0.15) is 0 Å². The van der Waals surface area contributed by atoms with Crippen LogP contribution in [-0.2, 0) is 50.3 Å². The second-order valence-electron chi connectivity index (χ2n) is 21.1. The van der Waals surface area contributed by atoms with E-state index in [0.717, 1.165) is 0 Å². The van der Waals surface area contributed by atoms with Crippen LogP contribution in [0, 0.1) is 69.0 Å². The first-order chi connectivity index (χ1) is 32.9. The fraction of sp³-hybridized carbons (Fsp3) is 0.640. The predicted molar refractivity (Wildman–Crippen MR) is 264 cm³/mol. The number of hydrogen-bond donors (Lipinski definition) is 8. The van der Waals surface area contributed by atoms with E-state index in [-0.39, 0.29) is 93.4 Å². The topological polar surface area (TPSA) is 407 Å². The van der Waals surface area contributed by atoms with E-state index in [1.807, 2.05) is 61.5 Å². The normalized spacial score (nSPS) is 32.8. The Morgan fingerprint density at radius 1 is 0.708 bits per heavy atom. The van der Waals surface area contributed by atoms with E-state index in [1.165, 1.54) is 0 Å². The Morgan fingerprint density at radius 3 is 1.71 bits per heavy atom. The van der Waals surface area contributed by atoms with Crippen LogP contribution in [0.3, 0.4) is 0 Å². The van der Waals surface area contributed by atoms with E-state index >= 15 is 0 Å². The minimum absolute atomic E-state index is 0. The molecule has 72 heavy (non-hydrogen) atoms. The molecule has 397 valence electrons. The molecule has 0 aromatic carbocycles. The standard InChI is InChI=1S/C48H73N11O8.2CN.Co/c1-23(60)22-55-38(67)16-17-45(6)29(18-35(52)64)43-48(9)47(8,21-37(54)66)28(12-15-34(51)63)40(59-48)25(3)42-46(7,20-36(53)65)26(10-13-32(49)61)30(56-42)19-31-44(4,5)27(11-14-33(50)62)39(57-31)24(2)41(45)58-43;2*1-2;/h19,23,26-29,43,60H,10-18,20-22H2,1-9H3,(H14,49,50,51,52,53,54,55,56,57,58,59,61,62,63,64,65,66,67);;;/q;2*-1;/p-1/t23?,26-,27-,28-,29+,43-,45-,46+,47+,48+;;;/m1.../s1. The molecule has 10 atom stereocenters. The fourth-order valence-corrected chi connectivity index (χ4v) is 12.2. The minimum Gasteiger partial charge on any atom is -0.682 e. The molecule has 1 saturated heterocycles. The molecule has 1 radical (unpaired) electrons. The number of hydrogen-bond acceptors (Lipinski definition) is 13. The van der Waals surface area contributed by atoms with Crippen molar-refractivity contribution in [2.75, 3.05) is 6.54 Å². The van der Waals surface area contributed by atoms with Crippen LogP contribution in [0.1, 0.15) is 133 Å². The van der Waals surface area contributed by atoms with Gasteiger partial charge in [0.15, 0.2) is 0 Å². The Balaban J connectivity index is 0.00000346. The molecule has 1 fully saturated rings. The van der Waals surface area contributed by atoms with E-state index in [1.54, 1.807) is 6.92 Å². The van der Waals surface area contributed by atoms with Gasteiger partial charge in [-0.25, -0.2) is 0 Å². The second kappa shape index (κ2) is 24.0. The van der Waals surface area contributed by atoms with E-state index < -0.39 is 98.5 Å². The zero-order valence-corrected chi connectivity index (χ0v) is 43.9. The maximum Gasteiger partial charge on any atom is 0.220 e. The van der Waals surface area contributed by atoms with Crippen LogP contribution >= 0.6 is 0 Å². The van der Waals surface area contributed by atoms with Crippen LogP contribution in [0.25, 0.3) is 5.32 Å². The van der Waals surface area contributed by atoms with Gasteiger partial charge in [-0.2, -0.15) is 5.70 Å². The average Bonchev–Trinajstić information content (AvgIpc) is 3.88. The summed E-state index contributed by atoms with van der Waals surface area (Å²) < 4.78 is 0. The molecule has 5 aliphatic rings. The number of primary amides is 6. The number of carbonyl (C=O) groups excluding carboxylic acids is 7. The number of nitrogens with two attached hydrogens (primary N) is 6. The number of rotatable bonds is 20. The van der Waals surface area contributed by atoms with Gasteiger partial charge in [0.2, 0.25) is 41.4 Å². The third-order valence-corrected chi connectivity index (χ3v) is 16.0. The molecule has 5 heterocycles. The maximum absolute atomic E-state index is 13.5. The van der Waals surface area contributed by atoms with Crippen molar-refractivity contribution < 1.29 is 55.4 Å². The number of fused-ring (bicyclic) bond motifs is 6. The number of amides is 7. The quantitative estimate of drug-likeness (QED) is 0.0824. The van der Waals surface area contributed by atoms with Crippen molar-refractivity contribution in [1.29, 1.82) is 10.5 Å². The Kier molecular flexibility index (Phi) is 20.6. The van der Waals surface area contributed by atoms with Gasteiger partial charge in [-0.15, -0.1) is 0 Å². The molecule has 5 aliphatic heterocycles. The molecular weight excluding hydrogens is 970 g/mol. The first-order valence-electron chi connectivity index (χ1n) is 23.7. The number of aliphatic hydroxyl groups is 1. The summed E-state index contributed by atoms with van der Waals surface area (Å²) in [6.07, 6.45) is 1.02. The Bertz CT molecular complexity index is 2410. The van der Waals surface area contributed by atoms with Crippen molar-refractivity contribution >= 4 is 58.5 Å². The molecule has 14 N–H and O–H groups in total. The summed E-state index contributed by atoms with van der Waals surface area (Å²) in [5.41, 5.74) is 34.4. The molecule has 21 nitrogen and oxygen atoms in total. The smallest absolute Gasteiger partial charge is 0.220 e. The van der Waals surface area contributed by atoms with Gasteiger partial charge in [-0.1, -0.05) is 40.7 Å². The molecule has 8 bridgehead atoms. The number of allylic oxidation sites excluding steroid dienone is 6. The van der Waals surface area contributed by atoms with Gasteiger partial charge in [0, 0.05) is 125 Å². The molecular formula is C50H72CoN13O8-3. The molecule has 22 heteroatoms. The Labute approximate surface area is 432 Å². The summed E-state index contributed by atoms with van der Waals surface area (Å²) in [4.78, 5) is 108. The minimum atomic E-state index is -1.40. The Hall–Kier alpha value is -6.23. The van der Waals surface area contributed by atoms with Crippen LogP contribution < -0.4 is 39.7 Å². The van der Waals surface area contributed by atoms with Crippen molar-refractivity contribution in [3.8, 4) is 0 Å². The average molecular weight is 1040 g/mol. The number of carbonyl (C=O) groups is 7. The van der Waals surface area contributed by atoms with E-state index in [0.29, 0.717) is 51.8 Å². The molecule has 0 aliphatic carbocycles. The predicted octanol–water partition coefficient (Wildman–Crippen LogP) is 2.71. The van der Waals surface area contributed by atoms with Crippen LogP contribution in [-0.4, -0.2) is 87.8 Å². The monoisotopic (exact) mass is 1040 g/mol. The zero-order chi connectivity index (χ0) is 54.4. The molecule has 0 spiro atoms. The summed E-state index contributed by atoms with van der Waals surface area (Å²) in [5, 5.41) is 30.8. The number of aliphatic hydroxyl groups excluding tert-OH is 1. The van der Waals surface area contributed by atoms with Crippen LogP contribution in [0.4, 0.5) is 0 Å². The summed E-state index contributed by atoms with van der Waals surface area (Å²) in [7, 11) is 0. The zero-order valence-electron chi connectivity index (χ0n) is 42.8. The third-order valence-electron chi connectivity index (χ3n) is 16.0. The molecule has 7 amide bonds. The van der Waals surface area contributed by atoms with Crippen molar-refractivity contribution in [2.24, 2.45) is 94.7 Å². The largest absolute Gasteiger partial charge is 0.682 e. The van der Waals surface area contributed by atoms with Crippen molar-refractivity contribution in [1.82, 2.24) is 5.32 Å². The van der Waals surface area contributed by atoms with Crippen LogP contribution in [0.2, 0.25) is 0 Å². The molecule has 0 saturated carbocycles. The van der Waals surface area contributed by atoms with Gasteiger partial charge in [-0.05, 0) is 81.9 Å². The molecule has 0 aromatic heterocycles. The van der Waals surface area contributed by atoms with Crippen LogP contribution in [0.15, 0.2) is 49.3 Å². The van der Waals surface area contributed by atoms with Crippen LogP contribution in [0.5, 0.6) is 0 Å². The SMILES string of the molecule is C/C1=C2/[N-][C@H]([C@H](CC(N)=O)[C@@]2(C)CCC(=O)NCC(C)O)[C@]2(C)N=C(/C(C)=C3N=C(/C=C4N=C1[C@@H](CCC(N)=O)C\4(C)C)[C@@H](CCC(N)=O)[C@]\3(C)CC(N)=O)[C@@H](CCC(N)=O)[C@]2(C)CC(N)=O.[C-]#N.[C-]#N.[Co]. The summed E-state index contributed by atoms with van der Waals surface area (Å²) in [6.45, 7) is 26.3. The van der Waals surface area contributed by atoms with Crippen molar-refractivity contribution in [2.45, 2.75) is 151 Å². The van der Waals surface area contributed by atoms with Gasteiger partial charge in [0.05, 0.1) is 17.3 Å². The molecule has 0 aromatic rings. The number of aliphatic imine (C=N–C) groups is 3. The summed E-state index contributed by atoms with van der Waals surface area (Å²) in [5.74, 6) is -6.42. The molecule has 1 unspecified atom stereocenters. The Morgan fingerprint density at radius 2 is 1.22 bits per heavy atom. The summed E-state index contributed by atoms with van der Waals surface area (Å²) >= 11 is 0. The van der Waals surface area contributed by atoms with Gasteiger partial charge in [0.25, 0.3) is 0 Å². The number of nitrogens with one attached hydrogen (secondary N) is 1. The van der Waals surface area contributed by atoms with Gasteiger partial charge >= 0.3 is 0 Å². The van der Waals surface area contributed by atoms with E-state index in [4.69, 9.17) is 78.4 Å². The van der Waals surface area contributed by atoms with Crippen molar-refractivity contribution in [3.63, 3.8) is 0 Å².